The molecular formula is C11H12N2O2. The lowest BCUT2D eigenvalue weighted by atomic mass is 10.1. The summed E-state index contributed by atoms with van der Waals surface area (Å²) >= 11 is 0. The highest BCUT2D eigenvalue weighted by Gasteiger charge is 2.08. The third-order valence-corrected chi connectivity index (χ3v) is 1.75. The summed E-state index contributed by atoms with van der Waals surface area (Å²) in [5.41, 5.74) is 3.04. The molecule has 0 saturated heterocycles. The van der Waals surface area contributed by atoms with Gasteiger partial charge in [-0.3, -0.25) is 9.59 Å². The van der Waals surface area contributed by atoms with E-state index in [0.29, 0.717) is 5.56 Å². The molecule has 1 aromatic rings. The average molecular weight is 204 g/mol. The Kier molecular flexibility index (Phi) is 3.74. The molecule has 0 heterocycles. The third-order valence-electron chi connectivity index (χ3n) is 1.75. The molecule has 0 saturated carbocycles. The average Bonchev–Trinajstić information content (AvgIpc) is 2.26. The predicted molar refractivity (Wildman–Crippen MR) is 57.7 cm³/mol. The zero-order valence-electron chi connectivity index (χ0n) is 8.65. The Labute approximate surface area is 88.0 Å². The van der Waals surface area contributed by atoms with Crippen LogP contribution in [0.1, 0.15) is 24.2 Å². The maximum absolute atomic E-state index is 11.7. The van der Waals surface area contributed by atoms with Crippen LogP contribution in [0.4, 0.5) is 0 Å². The predicted octanol–water partition coefficient (Wildman–Crippen LogP) is 1.38. The van der Waals surface area contributed by atoms with Gasteiger partial charge in [-0.05, 0) is 6.92 Å². The number of carbonyl (C=O) groups excluding carboxylic acids is 2. The van der Waals surface area contributed by atoms with Crippen LogP contribution >= 0.6 is 0 Å². The van der Waals surface area contributed by atoms with Gasteiger partial charge in [0.25, 0.3) is 0 Å². The summed E-state index contributed by atoms with van der Waals surface area (Å²) in [5.74, 6) is -0.487. The summed E-state index contributed by atoms with van der Waals surface area (Å²) in [6.45, 7) is 2.90. The molecule has 0 radical (unpaired) electrons. The Bertz CT molecular complexity index is 396. The molecule has 0 aromatic heterocycles. The van der Waals surface area contributed by atoms with Gasteiger partial charge in [-0.1, -0.05) is 30.3 Å². The lowest BCUT2D eigenvalue weighted by molar-refractivity contribution is -0.118. The SMILES string of the molecule is CC(=O)NN=C(C)C(=O)c1ccccc1. The van der Waals surface area contributed by atoms with Gasteiger partial charge in [0.05, 0.1) is 0 Å². The van der Waals surface area contributed by atoms with Crippen molar-refractivity contribution in [3.63, 3.8) is 0 Å². The van der Waals surface area contributed by atoms with Gasteiger partial charge in [0.15, 0.2) is 0 Å². The maximum Gasteiger partial charge on any atom is 0.236 e. The van der Waals surface area contributed by atoms with Crippen molar-refractivity contribution < 1.29 is 9.59 Å². The summed E-state index contributed by atoms with van der Waals surface area (Å²) < 4.78 is 0. The Morgan fingerprint density at radius 2 is 1.73 bits per heavy atom. The number of rotatable bonds is 3. The zero-order chi connectivity index (χ0) is 11.3. The molecule has 0 bridgehead atoms. The van der Waals surface area contributed by atoms with Crippen LogP contribution in [0, 0.1) is 0 Å². The second-order valence-corrected chi connectivity index (χ2v) is 3.06. The van der Waals surface area contributed by atoms with Crippen molar-refractivity contribution in [1.82, 2.24) is 5.43 Å². The number of hydrogen-bond acceptors (Lipinski definition) is 3. The summed E-state index contributed by atoms with van der Waals surface area (Å²) in [5, 5.41) is 3.67. The second-order valence-electron chi connectivity index (χ2n) is 3.06. The van der Waals surface area contributed by atoms with E-state index in [1.54, 1.807) is 31.2 Å². The molecule has 4 nitrogen and oxygen atoms in total. The molecule has 0 spiro atoms. The number of benzene rings is 1. The highest BCUT2D eigenvalue weighted by Crippen LogP contribution is 2.00. The van der Waals surface area contributed by atoms with E-state index in [-0.39, 0.29) is 17.4 Å². The Hall–Kier alpha value is -1.97. The third kappa shape index (κ3) is 3.34. The second kappa shape index (κ2) is 5.05. The first kappa shape index (κ1) is 11.1. The monoisotopic (exact) mass is 204 g/mol. The molecule has 0 aliphatic carbocycles. The first-order valence-electron chi connectivity index (χ1n) is 4.52. The standard InChI is InChI=1S/C11H12N2O2/c1-8(12-13-9(2)14)11(15)10-6-4-3-5-7-10/h3-7H,1-2H3,(H,13,14). The molecule has 1 amide bonds. The molecule has 1 aromatic carbocycles. The van der Waals surface area contributed by atoms with E-state index >= 15 is 0 Å². The number of hydrogen-bond donors (Lipinski definition) is 1. The van der Waals surface area contributed by atoms with Crippen LogP contribution in [0.25, 0.3) is 0 Å². The Balaban J connectivity index is 2.77. The lowest BCUT2D eigenvalue weighted by Gasteiger charge is -1.99. The largest absolute Gasteiger partial charge is 0.287 e. The Morgan fingerprint density at radius 1 is 1.13 bits per heavy atom. The van der Waals surface area contributed by atoms with Crippen LogP contribution < -0.4 is 5.43 Å². The van der Waals surface area contributed by atoms with Crippen LogP contribution in [0.5, 0.6) is 0 Å². The minimum absolute atomic E-state index is 0.190. The fourth-order valence-corrected chi connectivity index (χ4v) is 1.01. The molecule has 0 aliphatic rings. The highest BCUT2D eigenvalue weighted by atomic mass is 16.2. The summed E-state index contributed by atoms with van der Waals surface area (Å²) in [4.78, 5) is 22.3. The van der Waals surface area contributed by atoms with Gasteiger partial charge >= 0.3 is 0 Å². The molecule has 1 rings (SSSR count). The number of nitrogens with zero attached hydrogens (tertiary/aromatic N) is 1. The quantitative estimate of drug-likeness (QED) is 0.459. The van der Waals surface area contributed by atoms with Crippen molar-refractivity contribution in [2.45, 2.75) is 13.8 Å². The van der Waals surface area contributed by atoms with E-state index in [1.807, 2.05) is 6.07 Å². The highest BCUT2D eigenvalue weighted by molar-refractivity contribution is 6.45. The lowest BCUT2D eigenvalue weighted by Crippen LogP contribution is -2.19. The topological polar surface area (TPSA) is 58.5 Å². The van der Waals surface area contributed by atoms with E-state index in [4.69, 9.17) is 0 Å². The normalized spacial score (nSPS) is 10.9. The number of nitrogens with one attached hydrogen (secondary N) is 1. The van der Waals surface area contributed by atoms with E-state index in [2.05, 4.69) is 10.5 Å². The molecule has 1 N–H and O–H groups in total. The fourth-order valence-electron chi connectivity index (χ4n) is 1.01. The molecule has 0 unspecified atom stereocenters. The van der Waals surface area contributed by atoms with Crippen LogP contribution in [0.15, 0.2) is 35.4 Å². The maximum atomic E-state index is 11.7. The van der Waals surface area contributed by atoms with Gasteiger partial charge < -0.3 is 0 Å². The number of Topliss-reactive ketones (excluding diaryl/α,β-unsaturated/α-hetero) is 1. The van der Waals surface area contributed by atoms with Crippen LogP contribution in [0.2, 0.25) is 0 Å². The van der Waals surface area contributed by atoms with E-state index < -0.39 is 0 Å². The van der Waals surface area contributed by atoms with Crippen molar-refractivity contribution in [3.05, 3.63) is 35.9 Å². The first-order valence-corrected chi connectivity index (χ1v) is 4.52. The van der Waals surface area contributed by atoms with Gasteiger partial charge in [-0.25, -0.2) is 5.43 Å². The number of ketones is 1. The summed E-state index contributed by atoms with van der Waals surface area (Å²) in [6.07, 6.45) is 0. The van der Waals surface area contributed by atoms with Crippen molar-refractivity contribution in [1.29, 1.82) is 0 Å². The van der Waals surface area contributed by atoms with Gasteiger partial charge in [-0.2, -0.15) is 5.10 Å². The molecule has 4 heteroatoms. The molecule has 0 fully saturated rings. The molecule has 0 aliphatic heterocycles. The number of amides is 1. The minimum atomic E-state index is -0.296. The van der Waals surface area contributed by atoms with Gasteiger partial charge in [0.2, 0.25) is 11.7 Å². The van der Waals surface area contributed by atoms with Crippen molar-refractivity contribution >= 4 is 17.4 Å². The fraction of sp³-hybridized carbons (Fsp3) is 0.182. The van der Waals surface area contributed by atoms with Crippen LogP contribution in [-0.2, 0) is 4.79 Å². The van der Waals surface area contributed by atoms with Crippen molar-refractivity contribution in [2.24, 2.45) is 5.10 Å². The summed E-state index contributed by atoms with van der Waals surface area (Å²) in [6, 6.07) is 8.79. The van der Waals surface area contributed by atoms with Gasteiger partial charge in [0.1, 0.15) is 5.71 Å². The number of carbonyl (C=O) groups is 2. The smallest absolute Gasteiger partial charge is 0.236 e. The number of hydrazone groups is 1. The molecule has 0 atom stereocenters. The Morgan fingerprint density at radius 3 is 2.27 bits per heavy atom. The first-order chi connectivity index (χ1) is 7.11. The van der Waals surface area contributed by atoms with E-state index in [9.17, 15) is 9.59 Å². The van der Waals surface area contributed by atoms with Gasteiger partial charge in [-0.15, -0.1) is 0 Å². The molecule has 78 valence electrons. The van der Waals surface area contributed by atoms with E-state index in [0.717, 1.165) is 0 Å². The molecule has 15 heavy (non-hydrogen) atoms. The van der Waals surface area contributed by atoms with Crippen molar-refractivity contribution in [3.8, 4) is 0 Å². The minimum Gasteiger partial charge on any atom is -0.287 e. The molecular weight excluding hydrogens is 192 g/mol. The zero-order valence-corrected chi connectivity index (χ0v) is 8.65. The van der Waals surface area contributed by atoms with Crippen LogP contribution in [0.3, 0.4) is 0 Å². The van der Waals surface area contributed by atoms with Crippen LogP contribution in [-0.4, -0.2) is 17.4 Å². The van der Waals surface area contributed by atoms with E-state index in [1.165, 1.54) is 6.92 Å². The van der Waals surface area contributed by atoms with Crippen molar-refractivity contribution in [2.75, 3.05) is 0 Å². The van der Waals surface area contributed by atoms with Gasteiger partial charge in [0, 0.05) is 12.5 Å². The summed E-state index contributed by atoms with van der Waals surface area (Å²) in [7, 11) is 0.